The summed E-state index contributed by atoms with van der Waals surface area (Å²) in [5, 5.41) is 0. The van der Waals surface area contributed by atoms with Gasteiger partial charge in [0, 0.05) is 6.42 Å². The van der Waals surface area contributed by atoms with E-state index in [0.29, 0.717) is 6.61 Å². The Bertz CT molecular complexity index is 530. The van der Waals surface area contributed by atoms with Crippen LogP contribution in [0.15, 0.2) is 54.6 Å². The third-order valence-corrected chi connectivity index (χ3v) is 3.53. The molecule has 2 aromatic carbocycles. The number of hydrogen-bond donors (Lipinski definition) is 0. The Hall–Kier alpha value is -1.84. The molecule has 0 aliphatic carbocycles. The van der Waals surface area contributed by atoms with Gasteiger partial charge in [0.2, 0.25) is 0 Å². The highest BCUT2D eigenvalue weighted by molar-refractivity contribution is 5.28. The summed E-state index contributed by atoms with van der Waals surface area (Å²) >= 11 is 0. The average Bonchev–Trinajstić information content (AvgIpc) is 3.06. The minimum atomic E-state index is -0.0287. The van der Waals surface area contributed by atoms with E-state index < -0.39 is 0 Å². The Morgan fingerprint density at radius 3 is 2.29 bits per heavy atom. The van der Waals surface area contributed by atoms with E-state index in [4.69, 9.17) is 14.2 Å². The summed E-state index contributed by atoms with van der Waals surface area (Å²) in [5.74, 6) is 0.899. The third-order valence-electron chi connectivity index (χ3n) is 3.53. The van der Waals surface area contributed by atoms with Crippen LogP contribution in [0.4, 0.5) is 0 Å². The lowest BCUT2D eigenvalue weighted by Gasteiger charge is -2.10. The molecule has 0 N–H and O–H groups in total. The van der Waals surface area contributed by atoms with Gasteiger partial charge in [-0.05, 0) is 29.7 Å². The molecular formula is C18H20O3. The van der Waals surface area contributed by atoms with Gasteiger partial charge in [0.25, 0.3) is 0 Å². The SMILES string of the molecule is c1ccc(COc2ccc(CCC3OCCO3)cc2)cc1. The number of aryl methyl sites for hydroxylation is 1. The largest absolute Gasteiger partial charge is 0.489 e. The van der Waals surface area contributed by atoms with Crippen molar-refractivity contribution in [3.63, 3.8) is 0 Å². The van der Waals surface area contributed by atoms with Crippen LogP contribution in [0.5, 0.6) is 5.75 Å². The molecule has 0 saturated carbocycles. The Morgan fingerprint density at radius 2 is 1.57 bits per heavy atom. The molecule has 3 rings (SSSR count). The summed E-state index contributed by atoms with van der Waals surface area (Å²) in [5.41, 5.74) is 2.46. The lowest BCUT2D eigenvalue weighted by Crippen LogP contribution is -2.08. The van der Waals surface area contributed by atoms with E-state index in [1.165, 1.54) is 11.1 Å². The van der Waals surface area contributed by atoms with Crippen LogP contribution in [-0.2, 0) is 22.5 Å². The van der Waals surface area contributed by atoms with E-state index >= 15 is 0 Å². The fraction of sp³-hybridized carbons (Fsp3) is 0.333. The monoisotopic (exact) mass is 284 g/mol. The van der Waals surface area contributed by atoms with E-state index in [-0.39, 0.29) is 6.29 Å². The van der Waals surface area contributed by atoms with E-state index in [2.05, 4.69) is 24.3 Å². The number of rotatable bonds is 6. The van der Waals surface area contributed by atoms with Crippen molar-refractivity contribution in [2.24, 2.45) is 0 Å². The van der Waals surface area contributed by atoms with Gasteiger partial charge >= 0.3 is 0 Å². The molecule has 1 aliphatic rings. The van der Waals surface area contributed by atoms with E-state index in [0.717, 1.165) is 31.8 Å². The van der Waals surface area contributed by atoms with Gasteiger partial charge in [0.15, 0.2) is 6.29 Å². The first-order valence-electron chi connectivity index (χ1n) is 7.39. The predicted molar refractivity (Wildman–Crippen MR) is 81.2 cm³/mol. The fourth-order valence-corrected chi connectivity index (χ4v) is 2.35. The van der Waals surface area contributed by atoms with Gasteiger partial charge in [0.1, 0.15) is 12.4 Å². The molecule has 21 heavy (non-hydrogen) atoms. The van der Waals surface area contributed by atoms with E-state index in [9.17, 15) is 0 Å². The van der Waals surface area contributed by atoms with Gasteiger partial charge in [-0.2, -0.15) is 0 Å². The molecule has 1 heterocycles. The smallest absolute Gasteiger partial charge is 0.158 e. The fourth-order valence-electron chi connectivity index (χ4n) is 2.35. The van der Waals surface area contributed by atoms with Gasteiger partial charge < -0.3 is 14.2 Å². The summed E-state index contributed by atoms with van der Waals surface area (Å²) in [4.78, 5) is 0. The molecule has 0 unspecified atom stereocenters. The molecule has 1 fully saturated rings. The predicted octanol–water partition coefficient (Wildman–Crippen LogP) is 3.57. The number of ether oxygens (including phenoxy) is 3. The van der Waals surface area contributed by atoms with Crippen LogP contribution in [0.25, 0.3) is 0 Å². The molecule has 0 aromatic heterocycles. The van der Waals surface area contributed by atoms with Crippen molar-refractivity contribution in [2.75, 3.05) is 13.2 Å². The highest BCUT2D eigenvalue weighted by atomic mass is 16.7. The van der Waals surface area contributed by atoms with E-state index in [1.54, 1.807) is 0 Å². The highest BCUT2D eigenvalue weighted by Gasteiger charge is 2.15. The molecule has 0 spiro atoms. The lowest BCUT2D eigenvalue weighted by atomic mass is 10.1. The van der Waals surface area contributed by atoms with Crippen molar-refractivity contribution in [3.8, 4) is 5.75 Å². The molecule has 0 radical (unpaired) electrons. The Balaban J connectivity index is 1.47. The van der Waals surface area contributed by atoms with Gasteiger partial charge in [-0.1, -0.05) is 42.5 Å². The van der Waals surface area contributed by atoms with Gasteiger partial charge in [-0.15, -0.1) is 0 Å². The van der Waals surface area contributed by atoms with Crippen LogP contribution < -0.4 is 4.74 Å². The second-order valence-electron chi connectivity index (χ2n) is 5.13. The van der Waals surface area contributed by atoms with E-state index in [1.807, 2.05) is 30.3 Å². The Labute approximate surface area is 125 Å². The standard InChI is InChI=1S/C18H20O3/c1-2-4-16(5-3-1)14-21-17-9-6-15(7-10-17)8-11-18-19-12-13-20-18/h1-7,9-10,18H,8,11-14H2. The van der Waals surface area contributed by atoms with Crippen LogP contribution >= 0.6 is 0 Å². The molecule has 1 saturated heterocycles. The first-order valence-corrected chi connectivity index (χ1v) is 7.39. The molecule has 0 atom stereocenters. The first-order chi connectivity index (χ1) is 10.4. The second-order valence-corrected chi connectivity index (χ2v) is 5.13. The first kappa shape index (κ1) is 14.1. The molecular weight excluding hydrogens is 264 g/mol. The molecule has 2 aromatic rings. The summed E-state index contributed by atoms with van der Waals surface area (Å²) in [7, 11) is 0. The summed E-state index contributed by atoms with van der Waals surface area (Å²) in [6.07, 6.45) is 1.84. The van der Waals surface area contributed by atoms with Crippen molar-refractivity contribution >= 4 is 0 Å². The van der Waals surface area contributed by atoms with Crippen molar-refractivity contribution in [1.29, 1.82) is 0 Å². The van der Waals surface area contributed by atoms with Crippen molar-refractivity contribution in [3.05, 3.63) is 65.7 Å². The van der Waals surface area contributed by atoms with Crippen molar-refractivity contribution in [1.82, 2.24) is 0 Å². The topological polar surface area (TPSA) is 27.7 Å². The van der Waals surface area contributed by atoms with Crippen molar-refractivity contribution < 1.29 is 14.2 Å². The maximum Gasteiger partial charge on any atom is 0.158 e. The molecule has 0 bridgehead atoms. The second kappa shape index (κ2) is 7.25. The van der Waals surface area contributed by atoms with Crippen molar-refractivity contribution in [2.45, 2.75) is 25.7 Å². The number of hydrogen-bond acceptors (Lipinski definition) is 3. The minimum absolute atomic E-state index is 0.0287. The summed E-state index contributed by atoms with van der Waals surface area (Å²) < 4.78 is 16.7. The molecule has 0 amide bonds. The molecule has 1 aliphatic heterocycles. The summed E-state index contributed by atoms with van der Waals surface area (Å²) in [6, 6.07) is 18.4. The van der Waals surface area contributed by atoms with Gasteiger partial charge in [-0.3, -0.25) is 0 Å². The zero-order chi connectivity index (χ0) is 14.3. The minimum Gasteiger partial charge on any atom is -0.489 e. The molecule has 3 nitrogen and oxygen atoms in total. The van der Waals surface area contributed by atoms with Gasteiger partial charge in [0.05, 0.1) is 13.2 Å². The Morgan fingerprint density at radius 1 is 0.857 bits per heavy atom. The summed E-state index contributed by atoms with van der Waals surface area (Å²) in [6.45, 7) is 2.04. The molecule has 110 valence electrons. The lowest BCUT2D eigenvalue weighted by molar-refractivity contribution is -0.0461. The van der Waals surface area contributed by atoms with Crippen LogP contribution in [0.3, 0.4) is 0 Å². The highest BCUT2D eigenvalue weighted by Crippen LogP contribution is 2.17. The van der Waals surface area contributed by atoms with Crippen LogP contribution in [0.2, 0.25) is 0 Å². The quantitative estimate of drug-likeness (QED) is 0.811. The zero-order valence-electron chi connectivity index (χ0n) is 12.0. The maximum absolute atomic E-state index is 5.78. The Kier molecular flexibility index (Phi) is 4.87. The van der Waals surface area contributed by atoms with Crippen LogP contribution in [0, 0.1) is 0 Å². The molecule has 3 heteroatoms. The normalized spacial score (nSPS) is 15.2. The van der Waals surface area contributed by atoms with Crippen LogP contribution in [-0.4, -0.2) is 19.5 Å². The average molecular weight is 284 g/mol. The number of benzene rings is 2. The van der Waals surface area contributed by atoms with Crippen LogP contribution in [0.1, 0.15) is 17.5 Å². The van der Waals surface area contributed by atoms with Gasteiger partial charge in [-0.25, -0.2) is 0 Å². The maximum atomic E-state index is 5.78. The zero-order valence-corrected chi connectivity index (χ0v) is 12.0. The third kappa shape index (κ3) is 4.31.